The van der Waals surface area contributed by atoms with Crippen LogP contribution in [0.4, 0.5) is 0 Å². The van der Waals surface area contributed by atoms with Crippen molar-refractivity contribution in [1.29, 1.82) is 5.41 Å². The van der Waals surface area contributed by atoms with Gasteiger partial charge in [0.15, 0.2) is 5.84 Å². The Morgan fingerprint density at radius 2 is 1.78 bits per heavy atom. The number of fused-ring (bicyclic) bond motifs is 1. The van der Waals surface area contributed by atoms with E-state index in [9.17, 15) is 0 Å². The van der Waals surface area contributed by atoms with Crippen LogP contribution < -0.4 is 4.74 Å². The van der Waals surface area contributed by atoms with Crippen molar-refractivity contribution in [3.63, 3.8) is 0 Å². The van der Waals surface area contributed by atoms with E-state index in [0.29, 0.717) is 16.7 Å². The largest absolute Gasteiger partial charge is 0.438 e. The highest BCUT2D eigenvalue weighted by Gasteiger charge is 2.21. The van der Waals surface area contributed by atoms with Crippen LogP contribution in [0, 0.1) is 5.41 Å². The summed E-state index contributed by atoms with van der Waals surface area (Å²) >= 11 is 5.90. The molecule has 3 rings (SSSR count). The summed E-state index contributed by atoms with van der Waals surface area (Å²) in [5.41, 5.74) is 1.62. The third-order valence-electron chi connectivity index (χ3n) is 2.64. The maximum atomic E-state index is 7.78. The minimum absolute atomic E-state index is 0.225. The highest BCUT2D eigenvalue weighted by molar-refractivity contribution is 6.30. The summed E-state index contributed by atoms with van der Waals surface area (Å²) in [6.45, 7) is 0. The summed E-state index contributed by atoms with van der Waals surface area (Å²) in [5.74, 6) is 1.28. The van der Waals surface area contributed by atoms with Crippen LogP contribution in [0.25, 0.3) is 0 Å². The summed E-state index contributed by atoms with van der Waals surface area (Å²) in [5, 5.41) is 8.38. The van der Waals surface area contributed by atoms with E-state index < -0.39 is 0 Å². The molecule has 1 N–H and O–H groups in total. The van der Waals surface area contributed by atoms with Crippen molar-refractivity contribution >= 4 is 23.3 Å². The second-order valence-corrected chi connectivity index (χ2v) is 4.31. The van der Waals surface area contributed by atoms with E-state index >= 15 is 0 Å². The molecule has 0 saturated carbocycles. The van der Waals surface area contributed by atoms with Gasteiger partial charge >= 0.3 is 0 Å². The molecule has 1 aliphatic rings. The minimum atomic E-state index is 0.225. The molecule has 2 aromatic rings. The lowest BCUT2D eigenvalue weighted by Crippen LogP contribution is -2.07. The maximum Gasteiger partial charge on any atom is 0.229 e. The zero-order valence-corrected chi connectivity index (χ0v) is 10.1. The zero-order valence-electron chi connectivity index (χ0n) is 9.35. The van der Waals surface area contributed by atoms with Crippen molar-refractivity contribution in [2.24, 2.45) is 4.99 Å². The SMILES string of the molecule is N=C1N=C(Oc2cccc(Cl)c2)c2ccccc21. The number of nitrogens with one attached hydrogen (secondary N) is 1. The van der Waals surface area contributed by atoms with Gasteiger partial charge in [0.05, 0.1) is 0 Å². The van der Waals surface area contributed by atoms with Crippen molar-refractivity contribution in [2.45, 2.75) is 0 Å². The highest BCUT2D eigenvalue weighted by atomic mass is 35.5. The predicted molar refractivity (Wildman–Crippen MR) is 71.9 cm³/mol. The number of halogens is 1. The highest BCUT2D eigenvalue weighted by Crippen LogP contribution is 2.23. The van der Waals surface area contributed by atoms with E-state index in [-0.39, 0.29) is 5.84 Å². The molecule has 0 fully saturated rings. The Bertz CT molecular complexity index is 664. The van der Waals surface area contributed by atoms with Crippen LogP contribution in [-0.2, 0) is 0 Å². The first-order valence-corrected chi connectivity index (χ1v) is 5.82. The van der Waals surface area contributed by atoms with Crippen LogP contribution in [0.15, 0.2) is 53.5 Å². The molecule has 0 radical (unpaired) electrons. The molecule has 0 amide bonds. The Balaban J connectivity index is 1.96. The third-order valence-corrected chi connectivity index (χ3v) is 2.87. The fourth-order valence-corrected chi connectivity index (χ4v) is 2.00. The fourth-order valence-electron chi connectivity index (χ4n) is 1.82. The molecule has 0 aliphatic carbocycles. The van der Waals surface area contributed by atoms with Gasteiger partial charge in [-0.15, -0.1) is 0 Å². The Kier molecular flexibility index (Phi) is 2.61. The van der Waals surface area contributed by atoms with Gasteiger partial charge in [0.2, 0.25) is 5.90 Å². The Morgan fingerprint density at radius 3 is 2.56 bits per heavy atom. The van der Waals surface area contributed by atoms with Gasteiger partial charge in [-0.25, -0.2) is 0 Å². The smallest absolute Gasteiger partial charge is 0.229 e. The van der Waals surface area contributed by atoms with Crippen LogP contribution >= 0.6 is 11.6 Å². The van der Waals surface area contributed by atoms with Gasteiger partial charge in [-0.1, -0.05) is 35.9 Å². The summed E-state index contributed by atoms with van der Waals surface area (Å²) in [6.07, 6.45) is 0. The lowest BCUT2D eigenvalue weighted by molar-refractivity contribution is 0.555. The third kappa shape index (κ3) is 1.89. The van der Waals surface area contributed by atoms with E-state index in [1.54, 1.807) is 18.2 Å². The minimum Gasteiger partial charge on any atom is -0.438 e. The summed E-state index contributed by atoms with van der Waals surface area (Å²) < 4.78 is 5.68. The number of benzene rings is 2. The van der Waals surface area contributed by atoms with Crippen LogP contribution in [0.1, 0.15) is 11.1 Å². The lowest BCUT2D eigenvalue weighted by atomic mass is 10.1. The lowest BCUT2D eigenvalue weighted by Gasteiger charge is -2.06. The second-order valence-electron chi connectivity index (χ2n) is 3.87. The van der Waals surface area contributed by atoms with E-state index in [4.69, 9.17) is 21.7 Å². The first kappa shape index (κ1) is 11.0. The van der Waals surface area contributed by atoms with Gasteiger partial charge in [0.1, 0.15) is 5.75 Å². The first-order valence-electron chi connectivity index (χ1n) is 5.44. The number of ether oxygens (including phenoxy) is 1. The first-order chi connectivity index (χ1) is 8.74. The van der Waals surface area contributed by atoms with E-state index in [0.717, 1.165) is 11.1 Å². The van der Waals surface area contributed by atoms with Gasteiger partial charge in [0, 0.05) is 16.1 Å². The number of hydrogen-bond acceptors (Lipinski definition) is 2. The molecule has 2 aromatic carbocycles. The Hall–Kier alpha value is -2.13. The van der Waals surface area contributed by atoms with Crippen LogP contribution in [-0.4, -0.2) is 11.7 Å². The number of aliphatic imine (C=N–C) groups is 1. The average Bonchev–Trinajstić information content (AvgIpc) is 2.67. The number of rotatable bonds is 1. The van der Waals surface area contributed by atoms with Crippen LogP contribution in [0.5, 0.6) is 5.75 Å². The molecule has 0 atom stereocenters. The predicted octanol–water partition coefficient (Wildman–Crippen LogP) is 3.50. The van der Waals surface area contributed by atoms with Crippen molar-refractivity contribution in [1.82, 2.24) is 0 Å². The van der Waals surface area contributed by atoms with Gasteiger partial charge in [-0.3, -0.25) is 5.41 Å². The molecule has 3 nitrogen and oxygen atoms in total. The Labute approximate surface area is 109 Å². The molecule has 0 bridgehead atoms. The van der Waals surface area contributed by atoms with Crippen molar-refractivity contribution in [3.8, 4) is 5.75 Å². The van der Waals surface area contributed by atoms with E-state index in [2.05, 4.69) is 4.99 Å². The van der Waals surface area contributed by atoms with Gasteiger partial charge in [-0.05, 0) is 24.3 Å². The molecule has 1 heterocycles. The fraction of sp³-hybridized carbons (Fsp3) is 0. The molecule has 0 aromatic heterocycles. The normalized spacial score (nSPS) is 13.2. The molecule has 0 spiro atoms. The molecule has 0 unspecified atom stereocenters. The summed E-state index contributed by atoms with van der Waals surface area (Å²) in [7, 11) is 0. The quantitative estimate of drug-likeness (QED) is 0.834. The summed E-state index contributed by atoms with van der Waals surface area (Å²) in [4.78, 5) is 4.12. The maximum absolute atomic E-state index is 7.78. The number of nitrogens with zero attached hydrogens (tertiary/aromatic N) is 1. The molecular weight excluding hydrogens is 248 g/mol. The van der Waals surface area contributed by atoms with E-state index in [1.807, 2.05) is 30.3 Å². The molecule has 18 heavy (non-hydrogen) atoms. The monoisotopic (exact) mass is 256 g/mol. The topological polar surface area (TPSA) is 45.4 Å². The van der Waals surface area contributed by atoms with Crippen LogP contribution in [0.3, 0.4) is 0 Å². The number of hydrogen-bond donors (Lipinski definition) is 1. The Morgan fingerprint density at radius 1 is 1.00 bits per heavy atom. The zero-order chi connectivity index (χ0) is 12.5. The van der Waals surface area contributed by atoms with Gasteiger partial charge in [0.25, 0.3) is 0 Å². The van der Waals surface area contributed by atoms with Crippen molar-refractivity contribution in [3.05, 3.63) is 64.7 Å². The average molecular weight is 257 g/mol. The molecule has 88 valence electrons. The molecular formula is C14H9ClN2O. The van der Waals surface area contributed by atoms with Crippen molar-refractivity contribution < 1.29 is 4.74 Å². The van der Waals surface area contributed by atoms with E-state index in [1.165, 1.54) is 0 Å². The number of amidine groups is 1. The van der Waals surface area contributed by atoms with Crippen LogP contribution in [0.2, 0.25) is 5.02 Å². The van der Waals surface area contributed by atoms with Gasteiger partial charge < -0.3 is 4.74 Å². The van der Waals surface area contributed by atoms with Crippen molar-refractivity contribution in [2.75, 3.05) is 0 Å². The standard InChI is InChI=1S/C14H9ClN2O/c15-9-4-3-5-10(8-9)18-14-12-7-2-1-6-11(12)13(16)17-14/h1-8,16H. The molecule has 1 aliphatic heterocycles. The molecule has 4 heteroatoms. The summed E-state index contributed by atoms with van der Waals surface area (Å²) in [6, 6.07) is 14.6. The van der Waals surface area contributed by atoms with Gasteiger partial charge in [-0.2, -0.15) is 4.99 Å². The molecule has 0 saturated heterocycles. The second kappa shape index (κ2) is 4.27.